The Bertz CT molecular complexity index is 815. The van der Waals surface area contributed by atoms with Gasteiger partial charge in [-0.2, -0.15) is 0 Å². The Morgan fingerprint density at radius 3 is 2.00 bits per heavy atom. The van der Waals surface area contributed by atoms with Gasteiger partial charge in [0.15, 0.2) is 0 Å². The minimum Gasteiger partial charge on any atom is -0.462 e. The molecule has 0 unspecified atom stereocenters. The molecule has 1 N–H and O–H groups in total. The van der Waals surface area contributed by atoms with Crippen LogP contribution in [0.5, 0.6) is 0 Å². The van der Waals surface area contributed by atoms with E-state index < -0.39 is 6.10 Å². The van der Waals surface area contributed by atoms with Gasteiger partial charge in [0.1, 0.15) is 6.10 Å². The summed E-state index contributed by atoms with van der Waals surface area (Å²) in [5, 5.41) is 11.4. The van der Waals surface area contributed by atoms with Crippen molar-refractivity contribution in [1.82, 2.24) is 0 Å². The first-order chi connectivity index (χ1) is 17.2. The van der Waals surface area contributed by atoms with Crippen LogP contribution in [0.2, 0.25) is 0 Å². The Hall–Kier alpha value is -2.39. The van der Waals surface area contributed by atoms with Crippen LogP contribution in [0.15, 0.2) is 66.7 Å². The molecule has 0 heterocycles. The number of aliphatic hydroxyl groups is 1. The van der Waals surface area contributed by atoms with Crippen LogP contribution in [0.1, 0.15) is 108 Å². The summed E-state index contributed by atoms with van der Waals surface area (Å²) in [6.45, 7) is 4.41. The maximum Gasteiger partial charge on any atom is 0.306 e. The summed E-state index contributed by atoms with van der Waals surface area (Å²) < 4.78 is 6.11. The summed E-state index contributed by atoms with van der Waals surface area (Å²) in [5.74, 6) is -0.453. The molecular weight excluding hydrogens is 432 g/mol. The maximum atomic E-state index is 12.8. The van der Waals surface area contributed by atoms with Crippen LogP contribution < -0.4 is 0 Å². The molecule has 0 aliphatic rings. The lowest BCUT2D eigenvalue weighted by Crippen LogP contribution is -2.30. The topological polar surface area (TPSA) is 46.5 Å². The van der Waals surface area contributed by atoms with E-state index in [1.165, 1.54) is 38.5 Å². The number of aliphatic hydroxyl groups excluding tert-OH is 1. The van der Waals surface area contributed by atoms with Crippen LogP contribution in [0.4, 0.5) is 0 Å². The molecule has 0 fully saturated rings. The molecule has 3 atom stereocenters. The zero-order valence-electron chi connectivity index (χ0n) is 21.9. The third-order valence-corrected chi connectivity index (χ3v) is 6.60. The minimum atomic E-state index is -0.742. The van der Waals surface area contributed by atoms with Crippen molar-refractivity contribution in [3.05, 3.63) is 77.9 Å². The van der Waals surface area contributed by atoms with E-state index in [0.29, 0.717) is 6.42 Å². The van der Waals surface area contributed by atoms with Gasteiger partial charge in [-0.1, -0.05) is 138 Å². The second-order valence-electron chi connectivity index (χ2n) is 9.60. The maximum absolute atomic E-state index is 12.8. The van der Waals surface area contributed by atoms with Crippen molar-refractivity contribution >= 4 is 12.0 Å². The van der Waals surface area contributed by atoms with E-state index in [2.05, 4.69) is 13.8 Å². The number of hydrogen-bond donors (Lipinski definition) is 1. The summed E-state index contributed by atoms with van der Waals surface area (Å²) in [6, 6.07) is 19.8. The summed E-state index contributed by atoms with van der Waals surface area (Å²) in [6.07, 6.45) is 15.4. The Morgan fingerprint density at radius 1 is 0.800 bits per heavy atom. The standard InChI is InChI=1S/C32H46O3/c1-3-5-7-9-17-23-30(35-31(33)24-18-10-8-6-4-2)29(26-25-27-19-13-11-14-20-27)32(34)28-21-15-12-16-22-28/h11-16,19-22,25-26,29-30,32,34H,3-10,17-18,23-24H2,1-2H3/b26-25+/t29-,30+,32+/m0/s1. The lowest BCUT2D eigenvalue weighted by Gasteiger charge is -2.29. The highest BCUT2D eigenvalue weighted by Crippen LogP contribution is 2.31. The number of unbranched alkanes of at least 4 members (excludes halogenated alkanes) is 8. The molecule has 192 valence electrons. The Kier molecular flexibility index (Phi) is 14.8. The Balaban J connectivity index is 2.18. The van der Waals surface area contributed by atoms with Crippen LogP contribution in [0.25, 0.3) is 6.08 Å². The SMILES string of the molecule is CCCCCCCC(=O)O[C@H](CCCCCCC)[C@H](/C=C/c1ccccc1)[C@H](O)c1ccccc1. The predicted molar refractivity (Wildman–Crippen MR) is 147 cm³/mol. The van der Waals surface area contributed by atoms with Gasteiger partial charge in [0.2, 0.25) is 0 Å². The average molecular weight is 479 g/mol. The van der Waals surface area contributed by atoms with Crippen LogP contribution in [-0.2, 0) is 9.53 Å². The number of ether oxygens (including phenoxy) is 1. The number of benzene rings is 2. The second kappa shape index (κ2) is 18.0. The van der Waals surface area contributed by atoms with Crippen molar-refractivity contribution in [3.63, 3.8) is 0 Å². The van der Waals surface area contributed by atoms with Gasteiger partial charge in [0, 0.05) is 12.3 Å². The number of hydrogen-bond acceptors (Lipinski definition) is 3. The molecule has 0 amide bonds. The molecule has 0 bridgehead atoms. The minimum absolute atomic E-state index is 0.140. The summed E-state index contributed by atoms with van der Waals surface area (Å²) in [7, 11) is 0. The molecule has 35 heavy (non-hydrogen) atoms. The summed E-state index contributed by atoms with van der Waals surface area (Å²) >= 11 is 0. The van der Waals surface area contributed by atoms with Gasteiger partial charge in [0.25, 0.3) is 0 Å². The van der Waals surface area contributed by atoms with Crippen molar-refractivity contribution in [1.29, 1.82) is 0 Å². The van der Waals surface area contributed by atoms with Crippen molar-refractivity contribution in [3.8, 4) is 0 Å². The van der Waals surface area contributed by atoms with Gasteiger partial charge >= 0.3 is 5.97 Å². The monoisotopic (exact) mass is 478 g/mol. The van der Waals surface area contributed by atoms with E-state index >= 15 is 0 Å². The van der Waals surface area contributed by atoms with Gasteiger partial charge in [-0.05, 0) is 30.4 Å². The van der Waals surface area contributed by atoms with Crippen LogP contribution in [0, 0.1) is 5.92 Å². The quantitative estimate of drug-likeness (QED) is 0.172. The van der Waals surface area contributed by atoms with Gasteiger partial charge in [-0.25, -0.2) is 0 Å². The van der Waals surface area contributed by atoms with Crippen molar-refractivity contribution in [2.45, 2.75) is 103 Å². The molecule has 0 aromatic heterocycles. The molecule has 2 aromatic rings. The first kappa shape index (κ1) is 28.8. The normalized spacial score (nSPS) is 14.0. The van der Waals surface area contributed by atoms with E-state index in [4.69, 9.17) is 4.74 Å². The predicted octanol–water partition coefficient (Wildman–Crippen LogP) is 8.68. The first-order valence-corrected chi connectivity index (χ1v) is 13.8. The number of rotatable bonds is 18. The molecule has 0 spiro atoms. The summed E-state index contributed by atoms with van der Waals surface area (Å²) in [5.41, 5.74) is 1.92. The van der Waals surface area contributed by atoms with Crippen molar-refractivity contribution < 1.29 is 14.6 Å². The van der Waals surface area contributed by atoms with Gasteiger partial charge in [-0.15, -0.1) is 0 Å². The number of esters is 1. The fraction of sp³-hybridized carbons (Fsp3) is 0.531. The van der Waals surface area contributed by atoms with Gasteiger partial charge < -0.3 is 9.84 Å². The molecule has 3 nitrogen and oxygen atoms in total. The van der Waals surface area contributed by atoms with Gasteiger partial charge in [-0.3, -0.25) is 4.79 Å². The zero-order chi connectivity index (χ0) is 25.1. The smallest absolute Gasteiger partial charge is 0.306 e. The molecule has 0 aliphatic heterocycles. The largest absolute Gasteiger partial charge is 0.462 e. The van der Waals surface area contributed by atoms with E-state index in [0.717, 1.165) is 43.2 Å². The molecule has 0 saturated carbocycles. The number of carbonyl (C=O) groups excluding carboxylic acids is 1. The van der Waals surface area contributed by atoms with E-state index in [1.54, 1.807) is 0 Å². The van der Waals surface area contributed by atoms with E-state index in [1.807, 2.05) is 72.8 Å². The molecule has 0 radical (unpaired) electrons. The highest BCUT2D eigenvalue weighted by atomic mass is 16.5. The third-order valence-electron chi connectivity index (χ3n) is 6.60. The fourth-order valence-electron chi connectivity index (χ4n) is 4.47. The molecular formula is C32H46O3. The third kappa shape index (κ3) is 11.7. The summed E-state index contributed by atoms with van der Waals surface area (Å²) in [4.78, 5) is 12.8. The second-order valence-corrected chi connectivity index (χ2v) is 9.60. The van der Waals surface area contributed by atoms with Gasteiger partial charge in [0.05, 0.1) is 6.10 Å². The number of carbonyl (C=O) groups is 1. The molecule has 0 aliphatic carbocycles. The molecule has 2 aromatic carbocycles. The highest BCUT2D eigenvalue weighted by molar-refractivity contribution is 5.69. The first-order valence-electron chi connectivity index (χ1n) is 13.8. The highest BCUT2D eigenvalue weighted by Gasteiger charge is 2.30. The lowest BCUT2D eigenvalue weighted by molar-refractivity contribution is -0.153. The zero-order valence-corrected chi connectivity index (χ0v) is 21.9. The fourth-order valence-corrected chi connectivity index (χ4v) is 4.47. The average Bonchev–Trinajstić information content (AvgIpc) is 2.89. The van der Waals surface area contributed by atoms with E-state index in [-0.39, 0.29) is 18.0 Å². The van der Waals surface area contributed by atoms with Crippen LogP contribution >= 0.6 is 0 Å². The Morgan fingerprint density at radius 2 is 1.37 bits per heavy atom. The van der Waals surface area contributed by atoms with Crippen molar-refractivity contribution in [2.75, 3.05) is 0 Å². The molecule has 2 rings (SSSR count). The van der Waals surface area contributed by atoms with E-state index in [9.17, 15) is 9.90 Å². The molecule has 3 heteroatoms. The van der Waals surface area contributed by atoms with Crippen LogP contribution in [0.3, 0.4) is 0 Å². The Labute approximate surface area is 213 Å². The van der Waals surface area contributed by atoms with Crippen LogP contribution in [-0.4, -0.2) is 17.2 Å². The van der Waals surface area contributed by atoms with Crippen molar-refractivity contribution in [2.24, 2.45) is 5.92 Å². The molecule has 0 saturated heterocycles. The lowest BCUT2D eigenvalue weighted by atomic mass is 9.87.